The molecular weight excluding hydrogens is 276 g/mol. The second-order valence-corrected chi connectivity index (χ2v) is 4.41. The van der Waals surface area contributed by atoms with E-state index in [0.29, 0.717) is 15.1 Å². The zero-order valence-corrected chi connectivity index (χ0v) is 11.4. The van der Waals surface area contributed by atoms with Gasteiger partial charge in [-0.3, -0.25) is 0 Å². The molecular formula is C10H13Cl4N. The molecule has 1 rings (SSSR count). The third-order valence-corrected chi connectivity index (χ3v) is 3.06. The van der Waals surface area contributed by atoms with E-state index >= 15 is 0 Å². The van der Waals surface area contributed by atoms with Crippen molar-refractivity contribution in [3.63, 3.8) is 0 Å². The highest BCUT2D eigenvalue weighted by Gasteiger charge is 2.12. The zero-order valence-electron chi connectivity index (χ0n) is 8.27. The van der Waals surface area contributed by atoms with E-state index in [2.05, 4.69) is 6.92 Å². The van der Waals surface area contributed by atoms with Crippen LogP contribution in [0.4, 0.5) is 0 Å². The van der Waals surface area contributed by atoms with Crippen molar-refractivity contribution >= 4 is 47.2 Å². The molecule has 0 saturated heterocycles. The van der Waals surface area contributed by atoms with E-state index in [1.165, 1.54) is 0 Å². The average Bonchev–Trinajstić information content (AvgIpc) is 2.11. The summed E-state index contributed by atoms with van der Waals surface area (Å²) in [7, 11) is 0. The fraction of sp³-hybridized carbons (Fsp3) is 0.400. The number of hydrogen-bond donors (Lipinski definition) is 1. The Kier molecular flexibility index (Phi) is 6.98. The van der Waals surface area contributed by atoms with Gasteiger partial charge >= 0.3 is 0 Å². The first-order valence-corrected chi connectivity index (χ1v) is 5.59. The minimum Gasteiger partial charge on any atom is -0.324 e. The van der Waals surface area contributed by atoms with Gasteiger partial charge in [-0.1, -0.05) is 48.1 Å². The van der Waals surface area contributed by atoms with Crippen molar-refractivity contribution in [1.82, 2.24) is 0 Å². The maximum atomic E-state index is 6.03. The molecule has 0 fully saturated rings. The van der Waals surface area contributed by atoms with Crippen LogP contribution in [0.25, 0.3) is 0 Å². The van der Waals surface area contributed by atoms with Crippen LogP contribution < -0.4 is 5.73 Å². The van der Waals surface area contributed by atoms with Crippen LogP contribution in [0.1, 0.15) is 31.4 Å². The number of hydrogen-bond acceptors (Lipinski definition) is 1. The third kappa shape index (κ3) is 4.01. The predicted molar refractivity (Wildman–Crippen MR) is 70.6 cm³/mol. The quantitative estimate of drug-likeness (QED) is 0.789. The van der Waals surface area contributed by atoms with Crippen LogP contribution >= 0.6 is 47.2 Å². The molecule has 0 bridgehead atoms. The molecule has 5 heteroatoms. The molecule has 0 aromatic heterocycles. The van der Waals surface area contributed by atoms with Gasteiger partial charge in [0.15, 0.2) is 0 Å². The Morgan fingerprint density at radius 3 is 2.40 bits per heavy atom. The summed E-state index contributed by atoms with van der Waals surface area (Å²) in [6.07, 6.45) is 1.87. The van der Waals surface area contributed by atoms with Crippen LogP contribution in [0, 0.1) is 0 Å². The Hall–Kier alpha value is 0.340. The SMILES string of the molecule is CCC[C@H](N)c1cc(Cl)cc(Cl)c1Cl.Cl. The van der Waals surface area contributed by atoms with Gasteiger partial charge in [-0.2, -0.15) is 0 Å². The standard InChI is InChI=1S/C10H12Cl3N.ClH/c1-2-3-9(14)7-4-6(11)5-8(12)10(7)13;/h4-5,9H,2-3,14H2,1H3;1H/t9-;/m0./s1. The molecule has 0 aliphatic rings. The van der Waals surface area contributed by atoms with Gasteiger partial charge in [-0.15, -0.1) is 12.4 Å². The lowest BCUT2D eigenvalue weighted by atomic mass is 10.0. The van der Waals surface area contributed by atoms with Crippen LogP contribution in [-0.4, -0.2) is 0 Å². The molecule has 0 aliphatic carbocycles. The third-order valence-electron chi connectivity index (χ3n) is 2.02. The molecule has 1 nitrogen and oxygen atoms in total. The predicted octanol–water partition coefficient (Wildman–Crippen LogP) is 4.87. The largest absolute Gasteiger partial charge is 0.324 e. The van der Waals surface area contributed by atoms with Crippen LogP contribution in [0.3, 0.4) is 0 Å². The summed E-state index contributed by atoms with van der Waals surface area (Å²) in [6, 6.07) is 3.30. The Morgan fingerprint density at radius 1 is 1.27 bits per heavy atom. The van der Waals surface area contributed by atoms with Crippen LogP contribution in [0.2, 0.25) is 15.1 Å². The van der Waals surface area contributed by atoms with Gasteiger partial charge in [-0.25, -0.2) is 0 Å². The summed E-state index contributed by atoms with van der Waals surface area (Å²) >= 11 is 17.8. The van der Waals surface area contributed by atoms with Crippen molar-refractivity contribution < 1.29 is 0 Å². The first kappa shape index (κ1) is 15.3. The minimum atomic E-state index is -0.0938. The van der Waals surface area contributed by atoms with E-state index in [1.54, 1.807) is 12.1 Å². The van der Waals surface area contributed by atoms with E-state index < -0.39 is 0 Å². The van der Waals surface area contributed by atoms with Gasteiger partial charge in [0, 0.05) is 11.1 Å². The van der Waals surface area contributed by atoms with Crippen molar-refractivity contribution in [3.05, 3.63) is 32.8 Å². The Balaban J connectivity index is 0.00000196. The Labute approximate surface area is 111 Å². The smallest absolute Gasteiger partial charge is 0.0641 e. The molecule has 0 radical (unpaired) electrons. The number of nitrogens with two attached hydrogens (primary N) is 1. The van der Waals surface area contributed by atoms with Crippen molar-refractivity contribution in [1.29, 1.82) is 0 Å². The molecule has 0 spiro atoms. The van der Waals surface area contributed by atoms with Gasteiger partial charge in [0.05, 0.1) is 10.0 Å². The van der Waals surface area contributed by atoms with Crippen molar-refractivity contribution in [2.75, 3.05) is 0 Å². The molecule has 15 heavy (non-hydrogen) atoms. The molecule has 1 aromatic rings. The molecule has 0 saturated carbocycles. The van der Waals surface area contributed by atoms with Gasteiger partial charge in [0.2, 0.25) is 0 Å². The molecule has 2 N–H and O–H groups in total. The molecule has 1 atom stereocenters. The van der Waals surface area contributed by atoms with Crippen molar-refractivity contribution in [2.24, 2.45) is 5.73 Å². The topological polar surface area (TPSA) is 26.0 Å². The molecule has 0 aliphatic heterocycles. The zero-order chi connectivity index (χ0) is 10.7. The molecule has 0 heterocycles. The average molecular weight is 289 g/mol. The normalized spacial score (nSPS) is 12.1. The highest BCUT2D eigenvalue weighted by molar-refractivity contribution is 6.43. The highest BCUT2D eigenvalue weighted by Crippen LogP contribution is 2.33. The summed E-state index contributed by atoms with van der Waals surface area (Å²) in [5, 5.41) is 1.54. The van der Waals surface area contributed by atoms with Crippen LogP contribution in [0.15, 0.2) is 12.1 Å². The van der Waals surface area contributed by atoms with Crippen molar-refractivity contribution in [3.8, 4) is 0 Å². The van der Waals surface area contributed by atoms with Crippen LogP contribution in [-0.2, 0) is 0 Å². The maximum Gasteiger partial charge on any atom is 0.0641 e. The van der Waals surface area contributed by atoms with Gasteiger partial charge in [-0.05, 0) is 24.1 Å². The molecule has 0 amide bonds. The van der Waals surface area contributed by atoms with E-state index in [4.69, 9.17) is 40.5 Å². The van der Waals surface area contributed by atoms with Crippen molar-refractivity contribution in [2.45, 2.75) is 25.8 Å². The van der Waals surface area contributed by atoms with Crippen LogP contribution in [0.5, 0.6) is 0 Å². The summed E-state index contributed by atoms with van der Waals surface area (Å²) < 4.78 is 0. The number of benzene rings is 1. The summed E-state index contributed by atoms with van der Waals surface area (Å²) in [6.45, 7) is 2.07. The van der Waals surface area contributed by atoms with E-state index in [1.807, 2.05) is 0 Å². The highest BCUT2D eigenvalue weighted by atomic mass is 35.5. The van der Waals surface area contributed by atoms with E-state index in [9.17, 15) is 0 Å². The molecule has 86 valence electrons. The number of halogens is 4. The fourth-order valence-corrected chi connectivity index (χ4v) is 2.07. The van der Waals surface area contributed by atoms with Gasteiger partial charge in [0.1, 0.15) is 0 Å². The summed E-state index contributed by atoms with van der Waals surface area (Å²) in [4.78, 5) is 0. The second kappa shape index (κ2) is 6.82. The first-order chi connectivity index (χ1) is 6.56. The minimum absolute atomic E-state index is 0. The lowest BCUT2D eigenvalue weighted by Crippen LogP contribution is -2.10. The summed E-state index contributed by atoms with van der Waals surface area (Å²) in [5.74, 6) is 0. The molecule has 0 unspecified atom stereocenters. The Morgan fingerprint density at radius 2 is 1.87 bits per heavy atom. The second-order valence-electron chi connectivity index (χ2n) is 3.19. The maximum absolute atomic E-state index is 6.03. The van der Waals surface area contributed by atoms with Gasteiger partial charge in [0.25, 0.3) is 0 Å². The van der Waals surface area contributed by atoms with E-state index in [0.717, 1.165) is 18.4 Å². The lowest BCUT2D eigenvalue weighted by Gasteiger charge is -2.13. The molecule has 1 aromatic carbocycles. The monoisotopic (exact) mass is 287 g/mol. The fourth-order valence-electron chi connectivity index (χ4n) is 1.31. The van der Waals surface area contributed by atoms with E-state index in [-0.39, 0.29) is 18.4 Å². The van der Waals surface area contributed by atoms with Gasteiger partial charge < -0.3 is 5.73 Å². The summed E-state index contributed by atoms with van der Waals surface area (Å²) in [5.41, 5.74) is 6.77. The first-order valence-electron chi connectivity index (χ1n) is 4.46. The Bertz CT molecular complexity index is 327. The number of rotatable bonds is 3. The lowest BCUT2D eigenvalue weighted by molar-refractivity contribution is 0.639.